The summed E-state index contributed by atoms with van der Waals surface area (Å²) >= 11 is 0. The molecule has 0 atom stereocenters. The van der Waals surface area contributed by atoms with E-state index in [0.29, 0.717) is 56.2 Å². The predicted octanol–water partition coefficient (Wildman–Crippen LogP) is 4.84. The van der Waals surface area contributed by atoms with Crippen LogP contribution in [0.4, 0.5) is 23.8 Å². The van der Waals surface area contributed by atoms with Gasteiger partial charge in [0.1, 0.15) is 5.82 Å². The molecule has 2 aromatic heterocycles. The lowest BCUT2D eigenvalue weighted by atomic mass is 10.1. The van der Waals surface area contributed by atoms with Crippen LogP contribution in [0.1, 0.15) is 18.1 Å². The van der Waals surface area contributed by atoms with Crippen molar-refractivity contribution in [3.8, 4) is 11.4 Å². The van der Waals surface area contributed by atoms with E-state index in [4.69, 9.17) is 9.72 Å². The quantitative estimate of drug-likeness (QED) is 0.383. The number of hydrogen-bond donors (Lipinski definition) is 0. The fourth-order valence-corrected chi connectivity index (χ4v) is 4.33. The highest BCUT2D eigenvalue weighted by Gasteiger charge is 2.31. The number of amides is 1. The zero-order valence-corrected chi connectivity index (χ0v) is 20.1. The second-order valence-electron chi connectivity index (χ2n) is 8.65. The summed E-state index contributed by atoms with van der Waals surface area (Å²) in [6, 6.07) is 14.7. The van der Waals surface area contributed by atoms with E-state index in [1.54, 1.807) is 28.8 Å². The van der Waals surface area contributed by atoms with Crippen LogP contribution >= 0.6 is 0 Å². The molecule has 4 aromatic rings. The number of nitrogens with zero attached hydrogens (tertiary/aromatic N) is 6. The van der Waals surface area contributed by atoms with Gasteiger partial charge in [-0.1, -0.05) is 42.5 Å². The number of halogens is 3. The van der Waals surface area contributed by atoms with E-state index in [1.165, 1.54) is 6.07 Å². The Kier molecular flexibility index (Phi) is 6.68. The highest BCUT2D eigenvalue weighted by atomic mass is 19.4. The zero-order valence-electron chi connectivity index (χ0n) is 20.1. The number of anilines is 1. The Morgan fingerprint density at radius 2 is 1.76 bits per heavy atom. The van der Waals surface area contributed by atoms with E-state index in [1.807, 2.05) is 35.2 Å². The lowest BCUT2D eigenvalue weighted by Gasteiger charge is -2.35. The molecule has 37 heavy (non-hydrogen) atoms. The van der Waals surface area contributed by atoms with E-state index < -0.39 is 11.7 Å². The lowest BCUT2D eigenvalue weighted by molar-refractivity contribution is -0.137. The van der Waals surface area contributed by atoms with E-state index in [9.17, 15) is 18.0 Å². The van der Waals surface area contributed by atoms with Crippen LogP contribution < -0.4 is 4.90 Å². The number of hydrogen-bond acceptors (Lipinski definition) is 6. The minimum absolute atomic E-state index is 0.177. The summed E-state index contributed by atoms with van der Waals surface area (Å²) in [5.41, 5.74) is 1.03. The molecule has 0 bridgehead atoms. The molecule has 2 aromatic carbocycles. The van der Waals surface area contributed by atoms with Crippen molar-refractivity contribution in [3.05, 3.63) is 71.9 Å². The van der Waals surface area contributed by atoms with Crippen molar-refractivity contribution < 1.29 is 22.7 Å². The third-order valence-electron chi connectivity index (χ3n) is 6.20. The van der Waals surface area contributed by atoms with Crippen molar-refractivity contribution >= 4 is 22.9 Å². The average Bonchev–Trinajstić information content (AvgIpc) is 3.31. The standard InChI is InChI=1S/C26H25F3N6O2/c1-2-37-25(36)34-13-11-33(12-14-34)23-21-16-30-35(17-18-7-4-3-5-8-18)24(21)32-22(31-23)19-9-6-10-20(15-19)26(27,28)29/h3-10,15-16H,2,11-14,17H2,1H3. The summed E-state index contributed by atoms with van der Waals surface area (Å²) in [4.78, 5) is 25.1. The third kappa shape index (κ3) is 5.20. The Bertz CT molecular complexity index is 1400. The fourth-order valence-electron chi connectivity index (χ4n) is 4.33. The minimum atomic E-state index is -4.48. The van der Waals surface area contributed by atoms with E-state index >= 15 is 0 Å². The maximum Gasteiger partial charge on any atom is 0.416 e. The van der Waals surface area contributed by atoms with Crippen LogP contribution in [0, 0.1) is 0 Å². The van der Waals surface area contributed by atoms with E-state index in [0.717, 1.165) is 17.7 Å². The molecule has 5 rings (SSSR count). The maximum atomic E-state index is 13.4. The summed E-state index contributed by atoms with van der Waals surface area (Å²) in [6.45, 7) is 4.33. The van der Waals surface area contributed by atoms with Gasteiger partial charge in [0.25, 0.3) is 0 Å². The summed E-state index contributed by atoms with van der Waals surface area (Å²) in [7, 11) is 0. The second-order valence-corrected chi connectivity index (χ2v) is 8.65. The molecule has 0 unspecified atom stereocenters. The molecule has 8 nitrogen and oxygen atoms in total. The summed E-state index contributed by atoms with van der Waals surface area (Å²) in [5.74, 6) is 0.747. The third-order valence-corrected chi connectivity index (χ3v) is 6.20. The van der Waals surface area contributed by atoms with Gasteiger partial charge in [-0.25, -0.2) is 19.4 Å². The molecular weight excluding hydrogens is 485 g/mol. The van der Waals surface area contributed by atoms with Crippen molar-refractivity contribution in [2.45, 2.75) is 19.6 Å². The van der Waals surface area contributed by atoms with Gasteiger partial charge in [0, 0.05) is 31.7 Å². The van der Waals surface area contributed by atoms with Crippen LogP contribution in [0.15, 0.2) is 60.8 Å². The van der Waals surface area contributed by atoms with Gasteiger partial charge in [-0.15, -0.1) is 0 Å². The molecule has 192 valence electrons. The average molecular weight is 511 g/mol. The number of benzene rings is 2. The van der Waals surface area contributed by atoms with Crippen molar-refractivity contribution in [2.75, 3.05) is 37.7 Å². The Hall–Kier alpha value is -4.15. The number of fused-ring (bicyclic) bond motifs is 1. The van der Waals surface area contributed by atoms with Gasteiger partial charge < -0.3 is 14.5 Å². The van der Waals surface area contributed by atoms with Crippen LogP contribution in [0.5, 0.6) is 0 Å². The van der Waals surface area contributed by atoms with Crippen molar-refractivity contribution in [1.29, 1.82) is 0 Å². The zero-order chi connectivity index (χ0) is 26.0. The molecule has 0 radical (unpaired) electrons. The minimum Gasteiger partial charge on any atom is -0.450 e. The largest absolute Gasteiger partial charge is 0.450 e. The molecule has 1 fully saturated rings. The maximum absolute atomic E-state index is 13.4. The van der Waals surface area contributed by atoms with Gasteiger partial charge in [-0.2, -0.15) is 18.3 Å². The van der Waals surface area contributed by atoms with Gasteiger partial charge >= 0.3 is 12.3 Å². The first-order valence-corrected chi connectivity index (χ1v) is 11.9. The van der Waals surface area contributed by atoms with E-state index in [2.05, 4.69) is 10.1 Å². The SMILES string of the molecule is CCOC(=O)N1CCN(c2nc(-c3cccc(C(F)(F)F)c3)nc3c2cnn3Cc2ccccc2)CC1. The van der Waals surface area contributed by atoms with Gasteiger partial charge in [-0.3, -0.25) is 0 Å². The summed E-state index contributed by atoms with van der Waals surface area (Å²) in [6.07, 6.45) is -3.17. The van der Waals surface area contributed by atoms with Crippen LogP contribution in [0.3, 0.4) is 0 Å². The Morgan fingerprint density at radius 1 is 1.00 bits per heavy atom. The number of ether oxygens (including phenoxy) is 1. The van der Waals surface area contributed by atoms with Crippen molar-refractivity contribution in [1.82, 2.24) is 24.6 Å². The summed E-state index contributed by atoms with van der Waals surface area (Å²) < 4.78 is 47.1. The molecule has 1 amide bonds. The molecule has 0 aliphatic carbocycles. The number of carbonyl (C=O) groups excluding carboxylic acids is 1. The smallest absolute Gasteiger partial charge is 0.416 e. The molecule has 1 saturated heterocycles. The Morgan fingerprint density at radius 3 is 2.46 bits per heavy atom. The van der Waals surface area contributed by atoms with Crippen LogP contribution in [-0.4, -0.2) is 63.5 Å². The summed E-state index contributed by atoms with van der Waals surface area (Å²) in [5, 5.41) is 5.22. The number of piperazine rings is 1. The molecule has 1 aliphatic heterocycles. The molecule has 0 N–H and O–H groups in total. The van der Waals surface area contributed by atoms with Crippen LogP contribution in [0.25, 0.3) is 22.4 Å². The fraction of sp³-hybridized carbons (Fsp3) is 0.308. The highest BCUT2D eigenvalue weighted by Crippen LogP contribution is 2.33. The Balaban J connectivity index is 1.56. The first-order chi connectivity index (χ1) is 17.8. The molecule has 3 heterocycles. The molecular formula is C26H25F3N6O2. The normalized spacial score (nSPS) is 14.3. The van der Waals surface area contributed by atoms with Gasteiger partial charge in [-0.05, 0) is 24.6 Å². The number of rotatable bonds is 5. The number of aromatic nitrogens is 4. The second kappa shape index (κ2) is 10.1. The highest BCUT2D eigenvalue weighted by molar-refractivity contribution is 5.89. The molecule has 11 heteroatoms. The van der Waals surface area contributed by atoms with Crippen LogP contribution in [0.2, 0.25) is 0 Å². The lowest BCUT2D eigenvalue weighted by Crippen LogP contribution is -2.49. The van der Waals surface area contributed by atoms with Crippen molar-refractivity contribution in [3.63, 3.8) is 0 Å². The number of carbonyl (C=O) groups is 1. The first kappa shape index (κ1) is 24.5. The monoisotopic (exact) mass is 510 g/mol. The predicted molar refractivity (Wildman–Crippen MR) is 132 cm³/mol. The van der Waals surface area contributed by atoms with Gasteiger partial charge in [0.05, 0.1) is 30.3 Å². The molecule has 0 spiro atoms. The Labute approximate surface area is 211 Å². The topological polar surface area (TPSA) is 76.4 Å². The van der Waals surface area contributed by atoms with Gasteiger partial charge in [0.2, 0.25) is 0 Å². The van der Waals surface area contributed by atoms with Gasteiger partial charge in [0.15, 0.2) is 11.5 Å². The first-order valence-electron chi connectivity index (χ1n) is 11.9. The van der Waals surface area contributed by atoms with Crippen molar-refractivity contribution in [2.24, 2.45) is 0 Å². The van der Waals surface area contributed by atoms with Crippen LogP contribution in [-0.2, 0) is 17.5 Å². The molecule has 0 saturated carbocycles. The number of alkyl halides is 3. The molecule has 1 aliphatic rings. The van der Waals surface area contributed by atoms with E-state index in [-0.39, 0.29) is 17.5 Å².